The Morgan fingerprint density at radius 2 is 1.89 bits per heavy atom. The van der Waals surface area contributed by atoms with Gasteiger partial charge in [-0.2, -0.15) is 0 Å². The van der Waals surface area contributed by atoms with Gasteiger partial charge in [0.1, 0.15) is 0 Å². The fourth-order valence-corrected chi connectivity index (χ4v) is 3.45. The predicted octanol–water partition coefficient (Wildman–Crippen LogP) is 1.19. The minimum absolute atomic E-state index is 0.133. The molecule has 1 aliphatic heterocycles. The number of aliphatic hydroxyl groups excluding tert-OH is 1. The molecule has 2 fully saturated rings. The van der Waals surface area contributed by atoms with Crippen molar-refractivity contribution in [2.45, 2.75) is 38.6 Å². The van der Waals surface area contributed by atoms with Crippen LogP contribution in [0.15, 0.2) is 0 Å². The lowest BCUT2D eigenvalue weighted by Crippen LogP contribution is -2.51. The van der Waals surface area contributed by atoms with E-state index in [1.165, 1.54) is 51.9 Å². The van der Waals surface area contributed by atoms with Crippen LogP contribution < -0.4 is 0 Å². The minimum atomic E-state index is 0.133. The first-order chi connectivity index (χ1) is 9.29. The molecule has 4 nitrogen and oxygen atoms in total. The van der Waals surface area contributed by atoms with Gasteiger partial charge in [0.05, 0.1) is 19.8 Å². The zero-order chi connectivity index (χ0) is 13.5. The maximum absolute atomic E-state index is 8.66. The third kappa shape index (κ3) is 5.03. The third-order valence-electron chi connectivity index (χ3n) is 4.62. The molecule has 0 unspecified atom stereocenters. The molecule has 1 aliphatic carbocycles. The Labute approximate surface area is 117 Å². The van der Waals surface area contributed by atoms with Gasteiger partial charge < -0.3 is 9.84 Å². The van der Waals surface area contributed by atoms with Crippen molar-refractivity contribution in [1.82, 2.24) is 9.80 Å². The molecule has 2 aliphatic rings. The molecule has 1 saturated heterocycles. The van der Waals surface area contributed by atoms with Crippen LogP contribution in [-0.2, 0) is 4.74 Å². The second-order valence-corrected chi connectivity index (χ2v) is 6.14. The van der Waals surface area contributed by atoms with Crippen molar-refractivity contribution in [2.75, 3.05) is 52.5 Å². The molecule has 0 aromatic rings. The summed E-state index contributed by atoms with van der Waals surface area (Å²) in [5, 5.41) is 8.66. The van der Waals surface area contributed by atoms with Crippen molar-refractivity contribution in [3.8, 4) is 0 Å². The highest BCUT2D eigenvalue weighted by molar-refractivity contribution is 4.82. The second-order valence-electron chi connectivity index (χ2n) is 6.14. The largest absolute Gasteiger partial charge is 0.394 e. The van der Waals surface area contributed by atoms with E-state index in [4.69, 9.17) is 9.84 Å². The summed E-state index contributed by atoms with van der Waals surface area (Å²) >= 11 is 0. The molecule has 1 N–H and O–H groups in total. The van der Waals surface area contributed by atoms with Gasteiger partial charge in [0.25, 0.3) is 0 Å². The number of ether oxygens (including phenoxy) is 1. The van der Waals surface area contributed by atoms with E-state index in [1.54, 1.807) is 0 Å². The fraction of sp³-hybridized carbons (Fsp3) is 1.00. The molecule has 2 atom stereocenters. The first-order valence-corrected chi connectivity index (χ1v) is 7.94. The highest BCUT2D eigenvalue weighted by atomic mass is 16.5. The molecular formula is C15H30N2O2. The minimum Gasteiger partial charge on any atom is -0.394 e. The van der Waals surface area contributed by atoms with Crippen LogP contribution in [0.1, 0.15) is 32.6 Å². The van der Waals surface area contributed by atoms with E-state index >= 15 is 0 Å². The first kappa shape index (κ1) is 15.2. The number of nitrogens with zero attached hydrogens (tertiary/aromatic N) is 2. The Hall–Kier alpha value is -0.160. The lowest BCUT2D eigenvalue weighted by atomic mass is 9.86. The lowest BCUT2D eigenvalue weighted by molar-refractivity contribution is 0.0392. The standard InChI is InChI=1S/C15H30N2O2/c1-14-3-2-4-15(13-14)17-7-5-16(6-8-17)9-11-19-12-10-18/h14-15,18H,2-13H2,1H3/t14-,15+/m0/s1. The van der Waals surface area contributed by atoms with Gasteiger partial charge in [-0.1, -0.05) is 19.8 Å². The van der Waals surface area contributed by atoms with E-state index in [0.29, 0.717) is 6.61 Å². The Bertz CT molecular complexity index is 242. The molecule has 2 rings (SSSR count). The van der Waals surface area contributed by atoms with Crippen molar-refractivity contribution >= 4 is 0 Å². The van der Waals surface area contributed by atoms with Crippen LogP contribution >= 0.6 is 0 Å². The number of piperazine rings is 1. The van der Waals surface area contributed by atoms with Gasteiger partial charge in [0.15, 0.2) is 0 Å². The molecule has 112 valence electrons. The van der Waals surface area contributed by atoms with Gasteiger partial charge in [0.2, 0.25) is 0 Å². The van der Waals surface area contributed by atoms with Crippen LogP contribution in [0.25, 0.3) is 0 Å². The van der Waals surface area contributed by atoms with Crippen molar-refractivity contribution < 1.29 is 9.84 Å². The molecule has 0 aromatic carbocycles. The second kappa shape index (κ2) is 8.20. The van der Waals surface area contributed by atoms with Gasteiger partial charge >= 0.3 is 0 Å². The summed E-state index contributed by atoms with van der Waals surface area (Å²) in [5.41, 5.74) is 0. The number of hydrogen-bond acceptors (Lipinski definition) is 4. The molecule has 0 amide bonds. The fourth-order valence-electron chi connectivity index (χ4n) is 3.45. The van der Waals surface area contributed by atoms with Crippen LogP contribution in [0.3, 0.4) is 0 Å². The molecule has 0 aromatic heterocycles. The summed E-state index contributed by atoms with van der Waals surface area (Å²) in [5.74, 6) is 0.920. The van der Waals surface area contributed by atoms with E-state index in [0.717, 1.165) is 25.1 Å². The lowest BCUT2D eigenvalue weighted by Gasteiger charge is -2.42. The van der Waals surface area contributed by atoms with Crippen molar-refractivity contribution in [3.05, 3.63) is 0 Å². The normalized spacial score (nSPS) is 30.6. The van der Waals surface area contributed by atoms with E-state index in [1.807, 2.05) is 0 Å². The Morgan fingerprint density at radius 1 is 1.11 bits per heavy atom. The van der Waals surface area contributed by atoms with Gasteiger partial charge in [-0.15, -0.1) is 0 Å². The number of aliphatic hydroxyl groups is 1. The molecular weight excluding hydrogens is 240 g/mol. The molecule has 4 heteroatoms. The Kier molecular flexibility index (Phi) is 6.57. The van der Waals surface area contributed by atoms with E-state index < -0.39 is 0 Å². The zero-order valence-electron chi connectivity index (χ0n) is 12.4. The van der Waals surface area contributed by atoms with Crippen molar-refractivity contribution in [3.63, 3.8) is 0 Å². The summed E-state index contributed by atoms with van der Waals surface area (Å²) in [6.45, 7) is 9.56. The number of hydrogen-bond donors (Lipinski definition) is 1. The van der Waals surface area contributed by atoms with Gasteiger partial charge in [0, 0.05) is 38.8 Å². The highest BCUT2D eigenvalue weighted by Gasteiger charge is 2.27. The third-order valence-corrected chi connectivity index (χ3v) is 4.62. The van der Waals surface area contributed by atoms with E-state index in [9.17, 15) is 0 Å². The molecule has 0 radical (unpaired) electrons. The van der Waals surface area contributed by atoms with Crippen molar-refractivity contribution in [1.29, 1.82) is 0 Å². The summed E-state index contributed by atoms with van der Waals surface area (Å²) in [7, 11) is 0. The molecule has 19 heavy (non-hydrogen) atoms. The van der Waals surface area contributed by atoms with E-state index in [2.05, 4.69) is 16.7 Å². The average molecular weight is 270 g/mol. The maximum Gasteiger partial charge on any atom is 0.0698 e. The zero-order valence-corrected chi connectivity index (χ0v) is 12.4. The maximum atomic E-state index is 8.66. The summed E-state index contributed by atoms with van der Waals surface area (Å²) < 4.78 is 5.34. The molecule has 0 spiro atoms. The summed E-state index contributed by atoms with van der Waals surface area (Å²) in [4.78, 5) is 5.20. The van der Waals surface area contributed by atoms with Crippen LogP contribution in [0.4, 0.5) is 0 Å². The molecule has 1 heterocycles. The predicted molar refractivity (Wildman–Crippen MR) is 77.3 cm³/mol. The smallest absolute Gasteiger partial charge is 0.0698 e. The topological polar surface area (TPSA) is 35.9 Å². The molecule has 0 bridgehead atoms. The molecule has 1 saturated carbocycles. The van der Waals surface area contributed by atoms with Gasteiger partial charge in [-0.25, -0.2) is 0 Å². The Balaban J connectivity index is 1.62. The summed E-state index contributed by atoms with van der Waals surface area (Å²) in [6, 6.07) is 0.844. The number of rotatable bonds is 6. The van der Waals surface area contributed by atoms with Gasteiger partial charge in [-0.3, -0.25) is 9.80 Å². The average Bonchev–Trinajstić information content (AvgIpc) is 2.44. The quantitative estimate of drug-likeness (QED) is 0.736. The van der Waals surface area contributed by atoms with E-state index in [-0.39, 0.29) is 6.61 Å². The Morgan fingerprint density at radius 3 is 2.58 bits per heavy atom. The summed E-state index contributed by atoms with van der Waals surface area (Å²) in [6.07, 6.45) is 5.66. The monoisotopic (exact) mass is 270 g/mol. The SMILES string of the molecule is C[C@H]1CCC[C@@H](N2CCN(CCOCCO)CC2)C1. The van der Waals surface area contributed by atoms with Crippen molar-refractivity contribution in [2.24, 2.45) is 5.92 Å². The van der Waals surface area contributed by atoms with Crippen LogP contribution in [0.2, 0.25) is 0 Å². The highest BCUT2D eigenvalue weighted by Crippen LogP contribution is 2.27. The van der Waals surface area contributed by atoms with Crippen LogP contribution in [0, 0.1) is 5.92 Å². The van der Waals surface area contributed by atoms with Crippen LogP contribution in [0.5, 0.6) is 0 Å². The van der Waals surface area contributed by atoms with Gasteiger partial charge in [-0.05, 0) is 18.8 Å². The first-order valence-electron chi connectivity index (χ1n) is 7.94. The van der Waals surface area contributed by atoms with Crippen LogP contribution in [-0.4, -0.2) is 73.5 Å².